The van der Waals surface area contributed by atoms with Gasteiger partial charge >= 0.3 is 0 Å². The normalized spacial score (nSPS) is 17.0. The Labute approximate surface area is 150 Å². The topological polar surface area (TPSA) is 70.2 Å². The van der Waals surface area contributed by atoms with Crippen LogP contribution < -0.4 is 4.74 Å². The molecule has 0 aromatic heterocycles. The molecule has 140 valence electrons. The van der Waals surface area contributed by atoms with Crippen molar-refractivity contribution in [2.45, 2.75) is 26.4 Å². The molecule has 0 spiro atoms. The van der Waals surface area contributed by atoms with E-state index in [-0.39, 0.29) is 12.0 Å². The highest BCUT2D eigenvalue weighted by Gasteiger charge is 2.28. The van der Waals surface area contributed by atoms with Gasteiger partial charge in [0.2, 0.25) is 0 Å². The fraction of sp³-hybridized carbons (Fsp3) is 0.588. The van der Waals surface area contributed by atoms with Crippen molar-refractivity contribution in [3.05, 3.63) is 29.8 Å². The van der Waals surface area contributed by atoms with Gasteiger partial charge in [-0.2, -0.15) is 17.0 Å². The first-order valence-electron chi connectivity index (χ1n) is 8.45. The van der Waals surface area contributed by atoms with Gasteiger partial charge in [-0.05, 0) is 44.5 Å². The first-order chi connectivity index (χ1) is 11.7. The summed E-state index contributed by atoms with van der Waals surface area (Å²) in [5.74, 6) is 0.644. The molecule has 1 aromatic rings. The first-order valence-corrected chi connectivity index (χ1v) is 9.85. The molecular formula is C17H27N3O4S. The van der Waals surface area contributed by atoms with E-state index in [0.717, 1.165) is 5.75 Å². The SMILES string of the molecule is CC(C)Oc1ccc(C(=O)N2CCCN(S(=O)(=O)N(C)C)CC2)cc1. The Balaban J connectivity index is 2.03. The molecule has 0 atom stereocenters. The number of ether oxygens (including phenoxy) is 1. The summed E-state index contributed by atoms with van der Waals surface area (Å²) in [6, 6.07) is 7.07. The van der Waals surface area contributed by atoms with E-state index in [1.54, 1.807) is 29.2 Å². The summed E-state index contributed by atoms with van der Waals surface area (Å²) in [5, 5.41) is 0. The van der Waals surface area contributed by atoms with E-state index in [2.05, 4.69) is 0 Å². The Bertz CT molecular complexity index is 686. The average molecular weight is 369 g/mol. The quantitative estimate of drug-likeness (QED) is 0.787. The third-order valence-corrected chi connectivity index (χ3v) is 5.94. The van der Waals surface area contributed by atoms with Gasteiger partial charge in [0, 0.05) is 45.8 Å². The predicted molar refractivity (Wildman–Crippen MR) is 96.9 cm³/mol. The molecule has 1 heterocycles. The number of hydrogen-bond acceptors (Lipinski definition) is 4. The Kier molecular flexibility index (Phi) is 6.42. The van der Waals surface area contributed by atoms with Crippen LogP contribution in [0.4, 0.5) is 0 Å². The number of rotatable bonds is 5. The Morgan fingerprint density at radius 2 is 1.72 bits per heavy atom. The number of carbonyl (C=O) groups is 1. The van der Waals surface area contributed by atoms with E-state index in [9.17, 15) is 13.2 Å². The molecule has 8 heteroatoms. The minimum atomic E-state index is -3.44. The van der Waals surface area contributed by atoms with Crippen LogP contribution >= 0.6 is 0 Å². The van der Waals surface area contributed by atoms with E-state index >= 15 is 0 Å². The molecule has 1 aromatic carbocycles. The summed E-state index contributed by atoms with van der Waals surface area (Å²) in [5.41, 5.74) is 0.583. The van der Waals surface area contributed by atoms with Crippen molar-refractivity contribution >= 4 is 16.1 Å². The van der Waals surface area contributed by atoms with E-state index in [0.29, 0.717) is 38.2 Å². The van der Waals surface area contributed by atoms with Crippen molar-refractivity contribution < 1.29 is 17.9 Å². The lowest BCUT2D eigenvalue weighted by molar-refractivity contribution is 0.0764. The second-order valence-electron chi connectivity index (χ2n) is 6.53. The van der Waals surface area contributed by atoms with Crippen molar-refractivity contribution in [3.8, 4) is 5.75 Å². The van der Waals surface area contributed by atoms with Gasteiger partial charge in [0.05, 0.1) is 6.10 Å². The maximum absolute atomic E-state index is 12.7. The first kappa shape index (κ1) is 19.7. The molecule has 0 aliphatic carbocycles. The largest absolute Gasteiger partial charge is 0.491 e. The van der Waals surface area contributed by atoms with Crippen LogP contribution in [0.5, 0.6) is 5.75 Å². The Hall–Kier alpha value is -1.64. The Morgan fingerprint density at radius 1 is 1.08 bits per heavy atom. The molecule has 1 aliphatic heterocycles. The molecule has 25 heavy (non-hydrogen) atoms. The minimum Gasteiger partial charge on any atom is -0.491 e. The molecule has 2 rings (SSSR count). The van der Waals surface area contributed by atoms with Gasteiger partial charge in [-0.15, -0.1) is 0 Å². The summed E-state index contributed by atoms with van der Waals surface area (Å²) in [7, 11) is -0.407. The van der Waals surface area contributed by atoms with Gasteiger partial charge in [-0.1, -0.05) is 0 Å². The second kappa shape index (κ2) is 8.16. The zero-order valence-corrected chi connectivity index (χ0v) is 16.1. The zero-order chi connectivity index (χ0) is 18.6. The maximum atomic E-state index is 12.7. The van der Waals surface area contributed by atoms with E-state index in [1.165, 1.54) is 22.7 Å². The molecular weight excluding hydrogens is 342 g/mol. The van der Waals surface area contributed by atoms with Crippen LogP contribution in [0.1, 0.15) is 30.6 Å². The van der Waals surface area contributed by atoms with Crippen LogP contribution in [-0.2, 0) is 10.2 Å². The summed E-state index contributed by atoms with van der Waals surface area (Å²) < 4.78 is 32.7. The van der Waals surface area contributed by atoms with E-state index in [1.807, 2.05) is 13.8 Å². The number of benzene rings is 1. The maximum Gasteiger partial charge on any atom is 0.281 e. The highest BCUT2D eigenvalue weighted by molar-refractivity contribution is 7.86. The Morgan fingerprint density at radius 3 is 2.28 bits per heavy atom. The van der Waals surface area contributed by atoms with Gasteiger partial charge in [0.25, 0.3) is 16.1 Å². The fourth-order valence-electron chi connectivity index (χ4n) is 2.69. The van der Waals surface area contributed by atoms with Crippen molar-refractivity contribution in [1.82, 2.24) is 13.5 Å². The lowest BCUT2D eigenvalue weighted by atomic mass is 10.2. The molecule has 1 aliphatic rings. The molecule has 0 unspecified atom stereocenters. The van der Waals surface area contributed by atoms with Gasteiger partial charge in [-0.3, -0.25) is 4.79 Å². The summed E-state index contributed by atoms with van der Waals surface area (Å²) in [6.45, 7) is 5.55. The van der Waals surface area contributed by atoms with E-state index in [4.69, 9.17) is 4.74 Å². The smallest absolute Gasteiger partial charge is 0.281 e. The van der Waals surface area contributed by atoms with Crippen LogP contribution in [0, 0.1) is 0 Å². The molecule has 0 saturated carbocycles. The summed E-state index contributed by atoms with van der Waals surface area (Å²) >= 11 is 0. The third-order valence-electron chi connectivity index (χ3n) is 4.00. The van der Waals surface area contributed by atoms with Crippen LogP contribution in [0.25, 0.3) is 0 Å². The molecule has 1 fully saturated rings. The molecule has 0 N–H and O–H groups in total. The zero-order valence-electron chi connectivity index (χ0n) is 15.3. The van der Waals surface area contributed by atoms with Gasteiger partial charge in [0.1, 0.15) is 5.75 Å². The number of carbonyl (C=O) groups excluding carboxylic acids is 1. The monoisotopic (exact) mass is 369 g/mol. The van der Waals surface area contributed by atoms with E-state index < -0.39 is 10.2 Å². The van der Waals surface area contributed by atoms with Gasteiger partial charge in [0.15, 0.2) is 0 Å². The third kappa shape index (κ3) is 4.93. The molecule has 0 radical (unpaired) electrons. The van der Waals surface area contributed by atoms with Crippen LogP contribution in [-0.4, -0.2) is 74.2 Å². The van der Waals surface area contributed by atoms with Gasteiger partial charge in [-0.25, -0.2) is 0 Å². The number of nitrogens with zero attached hydrogens (tertiary/aromatic N) is 3. The standard InChI is InChI=1S/C17H27N3O4S/c1-14(2)24-16-8-6-15(7-9-16)17(21)19-10-5-11-20(13-12-19)25(22,23)18(3)4/h6-9,14H,5,10-13H2,1-4H3. The van der Waals surface area contributed by atoms with Crippen molar-refractivity contribution in [2.75, 3.05) is 40.3 Å². The number of amides is 1. The lowest BCUT2D eigenvalue weighted by Gasteiger charge is -2.24. The van der Waals surface area contributed by atoms with Crippen molar-refractivity contribution in [3.63, 3.8) is 0 Å². The minimum absolute atomic E-state index is 0.0804. The fourth-order valence-corrected chi connectivity index (χ4v) is 3.82. The average Bonchev–Trinajstić information content (AvgIpc) is 2.80. The molecule has 1 saturated heterocycles. The highest BCUT2D eigenvalue weighted by atomic mass is 32.2. The molecule has 1 amide bonds. The van der Waals surface area contributed by atoms with Crippen LogP contribution in [0.3, 0.4) is 0 Å². The van der Waals surface area contributed by atoms with Crippen LogP contribution in [0.15, 0.2) is 24.3 Å². The van der Waals surface area contributed by atoms with Crippen LogP contribution in [0.2, 0.25) is 0 Å². The van der Waals surface area contributed by atoms with Crippen molar-refractivity contribution in [1.29, 1.82) is 0 Å². The highest BCUT2D eigenvalue weighted by Crippen LogP contribution is 2.17. The summed E-state index contributed by atoms with van der Waals surface area (Å²) in [6.07, 6.45) is 0.699. The molecule has 0 bridgehead atoms. The lowest BCUT2D eigenvalue weighted by Crippen LogP contribution is -2.42. The number of hydrogen-bond donors (Lipinski definition) is 0. The molecule has 7 nitrogen and oxygen atoms in total. The van der Waals surface area contributed by atoms with Crippen molar-refractivity contribution in [2.24, 2.45) is 0 Å². The summed E-state index contributed by atoms with van der Waals surface area (Å²) in [4.78, 5) is 14.4. The van der Waals surface area contributed by atoms with Gasteiger partial charge < -0.3 is 9.64 Å². The predicted octanol–water partition coefficient (Wildman–Crippen LogP) is 1.43. The second-order valence-corrected chi connectivity index (χ2v) is 8.67.